The molecule has 12 heteroatoms. The summed E-state index contributed by atoms with van der Waals surface area (Å²) in [6.45, 7) is 6.70. The fourth-order valence-corrected chi connectivity index (χ4v) is 6.31. The monoisotopic (exact) mass is 616 g/mol. The summed E-state index contributed by atoms with van der Waals surface area (Å²) in [6.07, 6.45) is 3.95. The van der Waals surface area contributed by atoms with Crippen LogP contribution in [0.15, 0.2) is 58.5 Å². The van der Waals surface area contributed by atoms with Crippen molar-refractivity contribution in [2.24, 2.45) is 0 Å². The minimum atomic E-state index is -4.11. The van der Waals surface area contributed by atoms with Crippen molar-refractivity contribution in [1.29, 1.82) is 0 Å². The molecule has 0 saturated carbocycles. The first-order chi connectivity index (χ1) is 20.1. The second-order valence-corrected chi connectivity index (χ2v) is 12.1. The molecule has 0 fully saturated rings. The van der Waals surface area contributed by atoms with E-state index < -0.39 is 28.1 Å². The number of thioether (sulfide) groups is 1. The highest BCUT2D eigenvalue weighted by atomic mass is 32.2. The van der Waals surface area contributed by atoms with Gasteiger partial charge < -0.3 is 19.7 Å². The van der Waals surface area contributed by atoms with Crippen LogP contribution in [0.5, 0.6) is 0 Å². The van der Waals surface area contributed by atoms with Crippen molar-refractivity contribution in [3.8, 4) is 11.1 Å². The molecule has 0 aliphatic heterocycles. The Kier molecular flexibility index (Phi) is 12.4. The van der Waals surface area contributed by atoms with Crippen LogP contribution in [-0.4, -0.2) is 54.5 Å². The van der Waals surface area contributed by atoms with Gasteiger partial charge in [0, 0.05) is 25.1 Å². The fraction of sp³-hybridized carbons (Fsp3) is 0.433. The average Bonchev–Trinajstić information content (AvgIpc) is 3.32. The Balaban J connectivity index is 1.93. The van der Waals surface area contributed by atoms with Crippen LogP contribution in [0.4, 0.5) is 4.79 Å². The Labute approximate surface area is 252 Å². The molecule has 0 spiro atoms. The molecule has 2 amide bonds. The van der Waals surface area contributed by atoms with Crippen molar-refractivity contribution in [2.45, 2.75) is 75.4 Å². The van der Waals surface area contributed by atoms with Gasteiger partial charge in [0.05, 0.1) is 23.6 Å². The van der Waals surface area contributed by atoms with Crippen LogP contribution in [0.2, 0.25) is 0 Å². The molecule has 0 radical (unpaired) electrons. The number of carbonyl (C=O) groups excluding carboxylic acids is 2. The van der Waals surface area contributed by atoms with Crippen LogP contribution < -0.4 is 10.0 Å². The van der Waals surface area contributed by atoms with Crippen molar-refractivity contribution >= 4 is 33.8 Å². The number of carbonyl (C=O) groups is 2. The normalized spacial score (nSPS) is 12.1. The van der Waals surface area contributed by atoms with Crippen molar-refractivity contribution in [3.63, 3.8) is 0 Å². The summed E-state index contributed by atoms with van der Waals surface area (Å²) in [5, 5.41) is 14.3. The van der Waals surface area contributed by atoms with Crippen LogP contribution in [0, 0.1) is 0 Å². The number of imidazole rings is 1. The lowest BCUT2D eigenvalue weighted by molar-refractivity contribution is -0.145. The van der Waals surface area contributed by atoms with Gasteiger partial charge in [0.25, 0.3) is 10.0 Å². The maximum absolute atomic E-state index is 13.0. The Morgan fingerprint density at radius 3 is 2.43 bits per heavy atom. The summed E-state index contributed by atoms with van der Waals surface area (Å²) in [5.41, 5.74) is 2.61. The number of aliphatic hydroxyl groups excluding tert-OH is 1. The smallest absolute Gasteiger partial charge is 0.328 e. The third-order valence-corrected chi connectivity index (χ3v) is 8.60. The minimum Gasteiger partial charge on any atom is -0.466 e. The van der Waals surface area contributed by atoms with E-state index in [4.69, 9.17) is 9.72 Å². The Bertz CT molecular complexity index is 1450. The summed E-state index contributed by atoms with van der Waals surface area (Å²) in [7, 11) is -4.11. The zero-order valence-corrected chi connectivity index (χ0v) is 26.2. The zero-order chi connectivity index (χ0) is 30.7. The van der Waals surface area contributed by atoms with E-state index in [2.05, 4.69) is 17.0 Å². The van der Waals surface area contributed by atoms with E-state index in [1.54, 1.807) is 25.1 Å². The molecule has 0 aliphatic carbocycles. The van der Waals surface area contributed by atoms with Crippen molar-refractivity contribution < 1.29 is 27.9 Å². The number of ether oxygens (including phenoxy) is 1. The number of urea groups is 1. The molecular formula is C30H40N4O6S2. The number of esters is 1. The van der Waals surface area contributed by atoms with Crippen LogP contribution in [0.25, 0.3) is 11.1 Å². The Hall–Kier alpha value is -3.35. The number of unbranched alkanes of at least 4 members (excludes halogenated alkanes) is 1. The third-order valence-electron chi connectivity index (χ3n) is 6.53. The van der Waals surface area contributed by atoms with Gasteiger partial charge >= 0.3 is 12.0 Å². The quantitative estimate of drug-likeness (QED) is 0.159. The van der Waals surface area contributed by atoms with E-state index in [-0.39, 0.29) is 17.9 Å². The van der Waals surface area contributed by atoms with Crippen LogP contribution in [0.1, 0.15) is 69.6 Å². The van der Waals surface area contributed by atoms with E-state index in [1.165, 1.54) is 17.8 Å². The molecule has 1 aromatic heterocycles. The molecule has 1 atom stereocenters. The first-order valence-electron chi connectivity index (χ1n) is 14.1. The standard InChI is InChI=1S/C30H40N4O6S2/c1-5-8-13-26-32-29(41-4)28(24(35)19-27(36)40-7-3)34(26)20-21-14-16-22(17-15-21)23-11-9-10-12-25(23)42(38,39)33-30(37)31-18-6-2/h9-12,14-17,24,35H,5-8,13,18-20H2,1-4H3,(H2,31,33,37). The highest BCUT2D eigenvalue weighted by Gasteiger charge is 2.26. The molecule has 3 rings (SSSR count). The second kappa shape index (κ2) is 15.8. The number of hydrogen-bond donors (Lipinski definition) is 3. The zero-order valence-electron chi connectivity index (χ0n) is 24.6. The lowest BCUT2D eigenvalue weighted by atomic mass is 10.0. The predicted octanol–water partition coefficient (Wildman–Crippen LogP) is 5.05. The number of hydrogen-bond acceptors (Lipinski definition) is 8. The summed E-state index contributed by atoms with van der Waals surface area (Å²) in [6, 6.07) is 13.2. The van der Waals surface area contributed by atoms with Crippen LogP contribution >= 0.6 is 11.8 Å². The van der Waals surface area contributed by atoms with Gasteiger partial charge in [-0.05, 0) is 43.2 Å². The predicted molar refractivity (Wildman–Crippen MR) is 164 cm³/mol. The van der Waals surface area contributed by atoms with Crippen molar-refractivity contribution in [3.05, 3.63) is 65.6 Å². The maximum atomic E-state index is 13.0. The maximum Gasteiger partial charge on any atom is 0.328 e. The van der Waals surface area contributed by atoms with Gasteiger partial charge in [0.2, 0.25) is 0 Å². The summed E-state index contributed by atoms with van der Waals surface area (Å²) in [5.74, 6) is 0.349. The van der Waals surface area contributed by atoms with E-state index in [0.29, 0.717) is 41.4 Å². The number of sulfonamides is 1. The lowest BCUT2D eigenvalue weighted by Crippen LogP contribution is -2.39. The molecule has 0 aliphatic rings. The average molecular weight is 617 g/mol. The third kappa shape index (κ3) is 8.59. The first kappa shape index (κ1) is 33.2. The molecule has 2 aromatic carbocycles. The van der Waals surface area contributed by atoms with E-state index in [1.807, 2.05) is 42.0 Å². The molecule has 10 nitrogen and oxygen atoms in total. The molecule has 0 saturated heterocycles. The van der Waals surface area contributed by atoms with E-state index >= 15 is 0 Å². The second-order valence-electron chi connectivity index (χ2n) is 9.69. The number of benzene rings is 2. The summed E-state index contributed by atoms with van der Waals surface area (Å²) >= 11 is 1.42. The number of aliphatic hydroxyl groups is 1. The molecule has 42 heavy (non-hydrogen) atoms. The molecule has 1 heterocycles. The fourth-order valence-electron chi connectivity index (χ4n) is 4.50. The van der Waals surface area contributed by atoms with E-state index in [0.717, 1.165) is 30.7 Å². The molecular weight excluding hydrogens is 576 g/mol. The molecule has 0 bridgehead atoms. The number of nitrogens with one attached hydrogen (secondary N) is 2. The molecule has 3 aromatic rings. The van der Waals surface area contributed by atoms with Gasteiger partial charge in [-0.3, -0.25) is 4.79 Å². The first-order valence-corrected chi connectivity index (χ1v) is 16.8. The largest absolute Gasteiger partial charge is 0.466 e. The molecule has 228 valence electrons. The van der Waals surface area contributed by atoms with Gasteiger partial charge in [-0.15, -0.1) is 11.8 Å². The van der Waals surface area contributed by atoms with Crippen molar-refractivity contribution in [1.82, 2.24) is 19.6 Å². The highest BCUT2D eigenvalue weighted by Crippen LogP contribution is 2.32. The van der Waals surface area contributed by atoms with Gasteiger partial charge in [-0.1, -0.05) is 62.7 Å². The Morgan fingerprint density at radius 1 is 1.07 bits per heavy atom. The van der Waals surface area contributed by atoms with Gasteiger partial charge in [-0.2, -0.15) is 0 Å². The van der Waals surface area contributed by atoms with E-state index in [9.17, 15) is 23.1 Å². The van der Waals surface area contributed by atoms with Crippen LogP contribution in [0.3, 0.4) is 0 Å². The number of nitrogens with zero attached hydrogens (tertiary/aromatic N) is 2. The highest BCUT2D eigenvalue weighted by molar-refractivity contribution is 7.98. The Morgan fingerprint density at radius 2 is 1.79 bits per heavy atom. The summed E-state index contributed by atoms with van der Waals surface area (Å²) in [4.78, 5) is 29.0. The number of amides is 2. The van der Waals surface area contributed by atoms with Crippen molar-refractivity contribution in [2.75, 3.05) is 19.4 Å². The van der Waals surface area contributed by atoms with Gasteiger partial charge in [0.15, 0.2) is 0 Å². The number of rotatable bonds is 15. The SMILES string of the molecule is CCCCc1nc(SC)c(C(O)CC(=O)OCC)n1Cc1ccc(-c2ccccc2S(=O)(=O)NC(=O)NCCC)cc1. The topological polar surface area (TPSA) is 140 Å². The minimum absolute atomic E-state index is 0.00477. The number of aromatic nitrogens is 2. The van der Waals surface area contributed by atoms with Crippen LogP contribution in [-0.2, 0) is 32.5 Å². The van der Waals surface area contributed by atoms with Gasteiger partial charge in [0.1, 0.15) is 17.0 Å². The number of aryl methyl sites for hydroxylation is 1. The molecule has 1 unspecified atom stereocenters. The molecule has 3 N–H and O–H groups in total. The lowest BCUT2D eigenvalue weighted by Gasteiger charge is -2.17. The van der Waals surface area contributed by atoms with Gasteiger partial charge in [-0.25, -0.2) is 22.9 Å². The summed E-state index contributed by atoms with van der Waals surface area (Å²) < 4.78 is 35.2.